The van der Waals surface area contributed by atoms with E-state index in [1.807, 2.05) is 66.7 Å². The third kappa shape index (κ3) is 2.95. The molecule has 1 atom stereocenters. The summed E-state index contributed by atoms with van der Waals surface area (Å²) in [6.07, 6.45) is 1.29. The summed E-state index contributed by atoms with van der Waals surface area (Å²) in [6.45, 7) is 0.699. The lowest BCUT2D eigenvalue weighted by Crippen LogP contribution is -2.31. The normalized spacial score (nSPS) is 16.3. The highest BCUT2D eigenvalue weighted by atomic mass is 16.4. The number of likely N-dealkylation sites (tertiary alicyclic amines) is 1. The van der Waals surface area contributed by atoms with Gasteiger partial charge in [-0.1, -0.05) is 42.5 Å². The van der Waals surface area contributed by atoms with Crippen LogP contribution in [0.4, 0.5) is 4.79 Å². The van der Waals surface area contributed by atoms with Crippen molar-refractivity contribution in [3.8, 4) is 16.8 Å². The Balaban J connectivity index is 1.66. The van der Waals surface area contributed by atoms with Gasteiger partial charge in [0, 0.05) is 19.3 Å². The molecule has 0 unspecified atom stereocenters. The van der Waals surface area contributed by atoms with Crippen molar-refractivity contribution in [2.45, 2.75) is 12.5 Å². The molecule has 3 heterocycles. The molecular formula is C23H20N4O3. The minimum absolute atomic E-state index is 0.203. The van der Waals surface area contributed by atoms with E-state index in [9.17, 15) is 14.7 Å². The van der Waals surface area contributed by atoms with Crippen LogP contribution in [0, 0.1) is 0 Å². The molecule has 2 aromatic heterocycles. The van der Waals surface area contributed by atoms with Crippen molar-refractivity contribution in [2.75, 3.05) is 13.1 Å². The highest BCUT2D eigenvalue weighted by molar-refractivity contribution is 5.75. The number of carboxylic acid groups (broad SMARTS) is 1. The Morgan fingerprint density at radius 3 is 2.57 bits per heavy atom. The Morgan fingerprint density at radius 1 is 1.00 bits per heavy atom. The Morgan fingerprint density at radius 2 is 1.80 bits per heavy atom. The SMILES string of the molecule is O=C(O)N1CC[C@H](n2c(=O)n(-c3cccc(-c4ccccc4)c3)c3cccnc32)C1. The first-order valence-corrected chi connectivity index (χ1v) is 9.85. The van der Waals surface area contributed by atoms with Gasteiger partial charge in [0.05, 0.1) is 17.2 Å². The molecular weight excluding hydrogens is 380 g/mol. The largest absolute Gasteiger partial charge is 0.465 e. The second-order valence-corrected chi connectivity index (χ2v) is 7.42. The van der Waals surface area contributed by atoms with Crippen LogP contribution >= 0.6 is 0 Å². The first-order valence-electron chi connectivity index (χ1n) is 9.85. The fourth-order valence-electron chi connectivity index (χ4n) is 4.21. The molecule has 0 aliphatic carbocycles. The lowest BCUT2D eigenvalue weighted by Gasteiger charge is -2.13. The molecule has 1 fully saturated rings. The molecule has 0 saturated carbocycles. The Bertz CT molecular complexity index is 1290. The third-order valence-electron chi connectivity index (χ3n) is 5.64. The van der Waals surface area contributed by atoms with E-state index >= 15 is 0 Å². The number of imidazole rings is 1. The molecule has 5 rings (SSSR count). The fourth-order valence-corrected chi connectivity index (χ4v) is 4.21. The summed E-state index contributed by atoms with van der Waals surface area (Å²) < 4.78 is 3.31. The van der Waals surface area contributed by atoms with Crippen molar-refractivity contribution in [1.29, 1.82) is 0 Å². The molecule has 1 N–H and O–H groups in total. The van der Waals surface area contributed by atoms with E-state index in [0.29, 0.717) is 24.1 Å². The van der Waals surface area contributed by atoms with Gasteiger partial charge in [-0.2, -0.15) is 0 Å². The van der Waals surface area contributed by atoms with Crippen LogP contribution in [0.1, 0.15) is 12.5 Å². The van der Waals surface area contributed by atoms with E-state index in [0.717, 1.165) is 16.8 Å². The average molecular weight is 400 g/mol. The molecule has 1 amide bonds. The van der Waals surface area contributed by atoms with Crippen molar-refractivity contribution in [3.05, 3.63) is 83.4 Å². The van der Waals surface area contributed by atoms with E-state index in [4.69, 9.17) is 0 Å². The van der Waals surface area contributed by atoms with E-state index in [-0.39, 0.29) is 18.3 Å². The van der Waals surface area contributed by atoms with E-state index in [2.05, 4.69) is 4.98 Å². The number of pyridine rings is 1. The molecule has 0 bridgehead atoms. The molecule has 2 aromatic carbocycles. The molecule has 150 valence electrons. The van der Waals surface area contributed by atoms with Crippen LogP contribution in [0.2, 0.25) is 0 Å². The van der Waals surface area contributed by atoms with Gasteiger partial charge < -0.3 is 10.0 Å². The molecule has 30 heavy (non-hydrogen) atoms. The Kier molecular flexibility index (Phi) is 4.35. The molecule has 0 spiro atoms. The number of aromatic nitrogens is 3. The number of amides is 1. The van der Waals surface area contributed by atoms with Crippen molar-refractivity contribution in [1.82, 2.24) is 19.0 Å². The first-order chi connectivity index (χ1) is 14.6. The number of fused-ring (bicyclic) bond motifs is 1. The van der Waals surface area contributed by atoms with Gasteiger partial charge in [0.25, 0.3) is 0 Å². The van der Waals surface area contributed by atoms with Gasteiger partial charge in [0.1, 0.15) is 0 Å². The summed E-state index contributed by atoms with van der Waals surface area (Å²) in [6, 6.07) is 21.3. The highest BCUT2D eigenvalue weighted by Crippen LogP contribution is 2.27. The number of benzene rings is 2. The summed E-state index contributed by atoms with van der Waals surface area (Å²) in [7, 11) is 0. The predicted octanol–water partition coefficient (Wildman–Crippen LogP) is 3.78. The van der Waals surface area contributed by atoms with Crippen molar-refractivity contribution in [3.63, 3.8) is 0 Å². The van der Waals surface area contributed by atoms with Crippen molar-refractivity contribution >= 4 is 17.3 Å². The summed E-state index contributed by atoms with van der Waals surface area (Å²) in [4.78, 5) is 30.7. The molecule has 1 saturated heterocycles. The summed E-state index contributed by atoms with van der Waals surface area (Å²) in [5.74, 6) is 0. The first kappa shape index (κ1) is 18.2. The molecule has 1 aliphatic rings. The van der Waals surface area contributed by atoms with E-state index < -0.39 is 6.09 Å². The molecule has 0 radical (unpaired) electrons. The minimum Gasteiger partial charge on any atom is -0.465 e. The molecule has 7 heteroatoms. The summed E-state index contributed by atoms with van der Waals surface area (Å²) >= 11 is 0. The van der Waals surface area contributed by atoms with Crippen LogP contribution in [0.25, 0.3) is 28.0 Å². The van der Waals surface area contributed by atoms with Crippen LogP contribution in [0.3, 0.4) is 0 Å². The zero-order chi connectivity index (χ0) is 20.7. The zero-order valence-corrected chi connectivity index (χ0v) is 16.2. The van der Waals surface area contributed by atoms with Crippen molar-refractivity contribution in [2.24, 2.45) is 0 Å². The maximum Gasteiger partial charge on any atom is 0.407 e. The minimum atomic E-state index is -0.960. The van der Waals surface area contributed by atoms with E-state index in [1.54, 1.807) is 15.3 Å². The van der Waals surface area contributed by atoms with Gasteiger partial charge in [-0.25, -0.2) is 14.6 Å². The van der Waals surface area contributed by atoms with Crippen LogP contribution in [0.15, 0.2) is 77.7 Å². The standard InChI is InChI=1S/C23H20N4O3/c28-22-26(18-9-4-8-17(14-18)16-6-2-1-3-7-16)20-10-5-12-24-21(20)27(22)19-11-13-25(15-19)23(29)30/h1-10,12,14,19H,11,13,15H2,(H,29,30)/t19-/m0/s1. The Labute approximate surface area is 172 Å². The smallest absolute Gasteiger partial charge is 0.407 e. The van der Waals surface area contributed by atoms with Crippen LogP contribution < -0.4 is 5.69 Å². The maximum absolute atomic E-state index is 13.5. The fraction of sp³-hybridized carbons (Fsp3) is 0.174. The predicted molar refractivity (Wildman–Crippen MR) is 114 cm³/mol. The molecule has 7 nitrogen and oxygen atoms in total. The van der Waals surface area contributed by atoms with Gasteiger partial charge in [0.15, 0.2) is 5.65 Å². The monoisotopic (exact) mass is 400 g/mol. The second kappa shape index (κ2) is 7.18. The number of hydrogen-bond donors (Lipinski definition) is 1. The second-order valence-electron chi connectivity index (χ2n) is 7.42. The maximum atomic E-state index is 13.5. The van der Waals surface area contributed by atoms with Gasteiger partial charge in [-0.3, -0.25) is 9.13 Å². The van der Waals surface area contributed by atoms with Crippen LogP contribution in [-0.2, 0) is 0 Å². The Hall–Kier alpha value is -3.87. The lowest BCUT2D eigenvalue weighted by atomic mass is 10.1. The zero-order valence-electron chi connectivity index (χ0n) is 16.2. The molecule has 1 aliphatic heterocycles. The quantitative estimate of drug-likeness (QED) is 0.568. The summed E-state index contributed by atoms with van der Waals surface area (Å²) in [5, 5.41) is 9.30. The van der Waals surface area contributed by atoms with Gasteiger partial charge in [0.2, 0.25) is 0 Å². The van der Waals surface area contributed by atoms with Gasteiger partial charge >= 0.3 is 11.8 Å². The molecule has 4 aromatic rings. The van der Waals surface area contributed by atoms with Crippen LogP contribution in [-0.4, -0.2) is 43.3 Å². The topological polar surface area (TPSA) is 80.4 Å². The third-order valence-corrected chi connectivity index (χ3v) is 5.64. The van der Waals surface area contributed by atoms with Crippen molar-refractivity contribution < 1.29 is 9.90 Å². The van der Waals surface area contributed by atoms with Gasteiger partial charge in [-0.05, 0) is 41.8 Å². The van der Waals surface area contributed by atoms with Crippen LogP contribution in [0.5, 0.6) is 0 Å². The highest BCUT2D eigenvalue weighted by Gasteiger charge is 2.31. The number of rotatable bonds is 3. The summed E-state index contributed by atoms with van der Waals surface area (Å²) in [5.41, 5.74) is 3.92. The number of carbonyl (C=O) groups is 1. The van der Waals surface area contributed by atoms with Gasteiger partial charge in [-0.15, -0.1) is 0 Å². The van der Waals surface area contributed by atoms with E-state index in [1.165, 1.54) is 4.90 Å². The average Bonchev–Trinajstić information content (AvgIpc) is 3.36. The number of hydrogen-bond acceptors (Lipinski definition) is 3. The number of nitrogens with zero attached hydrogens (tertiary/aromatic N) is 4. The lowest BCUT2D eigenvalue weighted by molar-refractivity contribution is 0.154.